The molecule has 0 aliphatic carbocycles. The molecule has 1 atom stereocenters. The van der Waals surface area contributed by atoms with Crippen LogP contribution in [0.3, 0.4) is 0 Å². The molecule has 0 saturated heterocycles. The molecule has 0 fully saturated rings. The van der Waals surface area contributed by atoms with Gasteiger partial charge in [-0.3, -0.25) is 4.79 Å². The number of para-hydroxylation sites is 1. The molecule has 0 heterocycles. The van der Waals surface area contributed by atoms with E-state index in [-0.39, 0.29) is 18.6 Å². The second-order valence-corrected chi connectivity index (χ2v) is 4.77. The minimum atomic E-state index is -1.33. The fourth-order valence-corrected chi connectivity index (χ4v) is 1.90. The van der Waals surface area contributed by atoms with Gasteiger partial charge in [-0.25, -0.2) is 9.18 Å². The fourth-order valence-electron chi connectivity index (χ4n) is 1.90. The van der Waals surface area contributed by atoms with Crippen molar-refractivity contribution >= 4 is 11.9 Å². The van der Waals surface area contributed by atoms with E-state index < -0.39 is 29.3 Å². The van der Waals surface area contributed by atoms with Crippen LogP contribution < -0.4 is 10.1 Å². The number of hydrogen-bond donors (Lipinski definition) is 2. The van der Waals surface area contributed by atoms with Gasteiger partial charge in [-0.15, -0.1) is 0 Å². The van der Waals surface area contributed by atoms with Crippen molar-refractivity contribution in [3.8, 4) is 5.75 Å². The van der Waals surface area contributed by atoms with E-state index >= 15 is 0 Å². The van der Waals surface area contributed by atoms with Crippen LogP contribution in [-0.2, 0) is 9.59 Å². The summed E-state index contributed by atoms with van der Waals surface area (Å²) >= 11 is 0. The molecule has 0 spiro atoms. The van der Waals surface area contributed by atoms with Crippen molar-refractivity contribution in [2.75, 3.05) is 0 Å². The second kappa shape index (κ2) is 7.06. The van der Waals surface area contributed by atoms with Crippen LogP contribution >= 0.6 is 0 Å². The van der Waals surface area contributed by atoms with Crippen molar-refractivity contribution < 1.29 is 23.8 Å². The van der Waals surface area contributed by atoms with E-state index in [1.807, 2.05) is 0 Å². The topological polar surface area (TPSA) is 75.6 Å². The van der Waals surface area contributed by atoms with Crippen LogP contribution in [0.5, 0.6) is 5.75 Å². The smallest absolute Gasteiger partial charge is 0.329 e. The number of carboxylic acids is 1. The number of rotatable bonds is 7. The summed E-state index contributed by atoms with van der Waals surface area (Å²) in [6.45, 7) is 4.81. The van der Waals surface area contributed by atoms with E-state index in [4.69, 9.17) is 4.74 Å². The first kappa shape index (κ1) is 16.9. The Hall–Kier alpha value is -2.11. The van der Waals surface area contributed by atoms with Crippen LogP contribution in [-0.4, -0.2) is 28.6 Å². The molecule has 5 nitrogen and oxygen atoms in total. The van der Waals surface area contributed by atoms with E-state index in [1.54, 1.807) is 19.9 Å². The molecule has 1 unspecified atom stereocenters. The summed E-state index contributed by atoms with van der Waals surface area (Å²) in [6, 6.07) is 5.72. The Bertz CT molecular complexity index is 514. The average molecular weight is 297 g/mol. The highest BCUT2D eigenvalue weighted by atomic mass is 19.1. The highest BCUT2D eigenvalue weighted by molar-refractivity contribution is 5.89. The van der Waals surface area contributed by atoms with Crippen molar-refractivity contribution in [1.29, 1.82) is 0 Å². The highest BCUT2D eigenvalue weighted by Gasteiger charge is 2.37. The summed E-state index contributed by atoms with van der Waals surface area (Å²) in [5.74, 6) is -2.31. The fraction of sp³-hybridized carbons (Fsp3) is 0.467. The van der Waals surface area contributed by atoms with Crippen molar-refractivity contribution in [3.63, 3.8) is 0 Å². The maximum Gasteiger partial charge on any atom is 0.329 e. The predicted molar refractivity (Wildman–Crippen MR) is 75.6 cm³/mol. The van der Waals surface area contributed by atoms with Gasteiger partial charge in [-0.1, -0.05) is 26.0 Å². The van der Waals surface area contributed by atoms with Gasteiger partial charge in [0.2, 0.25) is 0 Å². The predicted octanol–water partition coefficient (Wildman–Crippen LogP) is 2.35. The number of halogens is 1. The zero-order valence-corrected chi connectivity index (χ0v) is 12.4. The van der Waals surface area contributed by atoms with E-state index in [0.717, 1.165) is 0 Å². The molecule has 0 aliphatic rings. The van der Waals surface area contributed by atoms with Gasteiger partial charge < -0.3 is 15.2 Å². The molecule has 0 aromatic heterocycles. The van der Waals surface area contributed by atoms with Gasteiger partial charge in [0, 0.05) is 0 Å². The summed E-state index contributed by atoms with van der Waals surface area (Å²) in [7, 11) is 0. The molecule has 1 aromatic rings. The van der Waals surface area contributed by atoms with Gasteiger partial charge in [-0.2, -0.15) is 0 Å². The first-order chi connectivity index (χ1) is 9.86. The van der Waals surface area contributed by atoms with E-state index in [1.165, 1.54) is 25.1 Å². The van der Waals surface area contributed by atoms with Crippen LogP contribution in [0.2, 0.25) is 0 Å². The number of amides is 1. The molecule has 6 heteroatoms. The number of carbonyl (C=O) groups is 2. The van der Waals surface area contributed by atoms with E-state index in [2.05, 4.69) is 5.32 Å². The largest absolute Gasteiger partial charge is 0.480 e. The number of aliphatic carboxylic acids is 1. The molecule has 0 radical (unpaired) electrons. The number of nitrogens with one attached hydrogen (secondary N) is 1. The van der Waals surface area contributed by atoms with Gasteiger partial charge in [0.25, 0.3) is 5.91 Å². The molecule has 116 valence electrons. The van der Waals surface area contributed by atoms with E-state index in [9.17, 15) is 19.1 Å². The Morgan fingerprint density at radius 3 is 2.38 bits per heavy atom. The lowest BCUT2D eigenvalue weighted by atomic mass is 9.92. The minimum absolute atomic E-state index is 0.0472. The third kappa shape index (κ3) is 3.93. The number of carbonyl (C=O) groups excluding carboxylic acids is 1. The molecular formula is C15H20FNO4. The van der Waals surface area contributed by atoms with Crippen molar-refractivity contribution in [3.05, 3.63) is 30.1 Å². The van der Waals surface area contributed by atoms with Crippen molar-refractivity contribution in [2.24, 2.45) is 0 Å². The Morgan fingerprint density at radius 2 is 1.90 bits per heavy atom. The summed E-state index contributed by atoms with van der Waals surface area (Å²) < 4.78 is 18.7. The quantitative estimate of drug-likeness (QED) is 0.810. The Morgan fingerprint density at radius 1 is 1.33 bits per heavy atom. The Labute approximate surface area is 123 Å². The molecule has 1 rings (SSSR count). The summed E-state index contributed by atoms with van der Waals surface area (Å²) in [5, 5.41) is 11.8. The number of carboxylic acid groups (broad SMARTS) is 1. The number of benzene rings is 1. The first-order valence-electron chi connectivity index (χ1n) is 6.83. The van der Waals surface area contributed by atoms with Gasteiger partial charge >= 0.3 is 5.97 Å². The molecule has 0 bridgehead atoms. The Balaban J connectivity index is 2.79. The first-order valence-corrected chi connectivity index (χ1v) is 6.83. The standard InChI is InChI=1S/C15H20FNO4/c1-4-15(5-2,14(19)20)17-13(18)10(3)21-12-9-7-6-8-11(12)16/h6-10H,4-5H2,1-3H3,(H,17,18)(H,19,20). The maximum absolute atomic E-state index is 13.5. The lowest BCUT2D eigenvalue weighted by molar-refractivity contribution is -0.149. The zero-order valence-electron chi connectivity index (χ0n) is 12.4. The molecule has 1 amide bonds. The molecule has 1 aromatic carbocycles. The monoisotopic (exact) mass is 297 g/mol. The van der Waals surface area contributed by atoms with E-state index in [0.29, 0.717) is 0 Å². The molecule has 0 saturated carbocycles. The minimum Gasteiger partial charge on any atom is -0.480 e. The summed E-state index contributed by atoms with van der Waals surface area (Å²) in [5.41, 5.74) is -1.33. The number of ether oxygens (including phenoxy) is 1. The SMILES string of the molecule is CCC(CC)(NC(=O)C(C)Oc1ccccc1F)C(=O)O. The van der Waals surface area contributed by atoms with Crippen LogP contribution in [0.15, 0.2) is 24.3 Å². The van der Waals surface area contributed by atoms with Crippen molar-refractivity contribution in [1.82, 2.24) is 5.32 Å². The Kier molecular flexibility index (Phi) is 5.69. The third-order valence-electron chi connectivity index (χ3n) is 3.49. The average Bonchev–Trinajstić information content (AvgIpc) is 2.46. The normalized spacial score (nSPS) is 12.6. The lowest BCUT2D eigenvalue weighted by Crippen LogP contribution is -2.56. The highest BCUT2D eigenvalue weighted by Crippen LogP contribution is 2.19. The van der Waals surface area contributed by atoms with Crippen molar-refractivity contribution in [2.45, 2.75) is 45.3 Å². The second-order valence-electron chi connectivity index (χ2n) is 4.77. The molecular weight excluding hydrogens is 277 g/mol. The van der Waals surface area contributed by atoms with Gasteiger partial charge in [-0.05, 0) is 31.9 Å². The zero-order chi connectivity index (χ0) is 16.0. The summed E-state index contributed by atoms with van der Waals surface area (Å²) in [4.78, 5) is 23.4. The molecule has 2 N–H and O–H groups in total. The lowest BCUT2D eigenvalue weighted by Gasteiger charge is -2.29. The summed E-state index contributed by atoms with van der Waals surface area (Å²) in [6.07, 6.45) is -0.507. The number of hydrogen-bond acceptors (Lipinski definition) is 3. The van der Waals surface area contributed by atoms with Gasteiger partial charge in [0.1, 0.15) is 5.54 Å². The molecule has 21 heavy (non-hydrogen) atoms. The van der Waals surface area contributed by atoms with Crippen LogP contribution in [0.25, 0.3) is 0 Å². The van der Waals surface area contributed by atoms with Crippen LogP contribution in [0, 0.1) is 5.82 Å². The third-order valence-corrected chi connectivity index (χ3v) is 3.49. The maximum atomic E-state index is 13.5. The van der Waals surface area contributed by atoms with Crippen LogP contribution in [0.1, 0.15) is 33.6 Å². The van der Waals surface area contributed by atoms with Gasteiger partial charge in [0.15, 0.2) is 17.7 Å². The molecule has 0 aliphatic heterocycles. The van der Waals surface area contributed by atoms with Crippen LogP contribution in [0.4, 0.5) is 4.39 Å². The van der Waals surface area contributed by atoms with Gasteiger partial charge in [0.05, 0.1) is 0 Å².